The average molecular weight is 387 g/mol. The van der Waals surface area contributed by atoms with Gasteiger partial charge in [-0.3, -0.25) is 0 Å². The Bertz CT molecular complexity index is 817. The van der Waals surface area contributed by atoms with Gasteiger partial charge < -0.3 is 14.6 Å². The van der Waals surface area contributed by atoms with E-state index in [1.165, 1.54) is 6.26 Å². The second-order valence-electron chi connectivity index (χ2n) is 10.8. The number of rotatable bonds is 1. The number of fused-ring (bicyclic) bond motifs is 5. The molecule has 4 saturated carbocycles. The van der Waals surface area contributed by atoms with Crippen LogP contribution < -0.4 is 5.63 Å². The van der Waals surface area contributed by atoms with Crippen LogP contribution >= 0.6 is 0 Å². The zero-order chi connectivity index (χ0) is 19.7. The normalized spacial score (nSPS) is 50.5. The Morgan fingerprint density at radius 1 is 1.04 bits per heavy atom. The molecule has 1 heterocycles. The van der Waals surface area contributed by atoms with E-state index in [4.69, 9.17) is 4.42 Å². The maximum absolute atomic E-state index is 12.2. The van der Waals surface area contributed by atoms with Crippen LogP contribution in [-0.4, -0.2) is 21.9 Å². The van der Waals surface area contributed by atoms with E-state index in [0.717, 1.165) is 63.4 Å². The Balaban J connectivity index is 1.49. The van der Waals surface area contributed by atoms with Crippen molar-refractivity contribution in [3.8, 4) is 0 Å². The van der Waals surface area contributed by atoms with Crippen LogP contribution in [0.5, 0.6) is 0 Å². The lowest BCUT2D eigenvalue weighted by molar-refractivity contribution is -0.205. The fourth-order valence-electron chi connectivity index (χ4n) is 8.35. The number of aliphatic hydroxyl groups is 2. The highest BCUT2D eigenvalue weighted by Crippen LogP contribution is 2.70. The highest BCUT2D eigenvalue weighted by atomic mass is 16.4. The fourth-order valence-corrected chi connectivity index (χ4v) is 8.35. The quantitative estimate of drug-likeness (QED) is 0.757. The van der Waals surface area contributed by atoms with Crippen molar-refractivity contribution < 1.29 is 14.6 Å². The van der Waals surface area contributed by atoms with Crippen LogP contribution in [0.15, 0.2) is 27.6 Å². The molecule has 4 aliphatic rings. The standard InChI is InChI=1S/C24H34O4/c1-22-9-5-17(25)14-16(22)3-4-20-19(22)6-10-23(2)18(7-11-24(20,23)27)15-8-12-28-21(26)13-15/h8,12-13,16-20,25,27H,3-7,9-11,14H2,1-2H3/t16?,17-,18+,19?,20?,22-,23+,24-/m0/s1. The molecule has 1 aromatic rings. The number of aliphatic hydroxyl groups excluding tert-OH is 1. The van der Waals surface area contributed by atoms with Crippen LogP contribution in [0.4, 0.5) is 0 Å². The van der Waals surface area contributed by atoms with E-state index in [9.17, 15) is 15.0 Å². The van der Waals surface area contributed by atoms with E-state index in [2.05, 4.69) is 13.8 Å². The van der Waals surface area contributed by atoms with Crippen molar-refractivity contribution >= 4 is 0 Å². The molecule has 0 spiro atoms. The van der Waals surface area contributed by atoms with E-state index in [1.807, 2.05) is 6.07 Å². The molecule has 28 heavy (non-hydrogen) atoms. The minimum Gasteiger partial charge on any atom is -0.431 e. The summed E-state index contributed by atoms with van der Waals surface area (Å²) in [6.07, 6.45) is 10.5. The summed E-state index contributed by atoms with van der Waals surface area (Å²) in [6, 6.07) is 3.56. The third-order valence-electron chi connectivity index (χ3n) is 9.96. The molecule has 4 nitrogen and oxygen atoms in total. The van der Waals surface area contributed by atoms with Gasteiger partial charge in [0.15, 0.2) is 0 Å². The van der Waals surface area contributed by atoms with Gasteiger partial charge in [0.25, 0.3) is 0 Å². The lowest BCUT2D eigenvalue weighted by atomic mass is 9.43. The minimum absolute atomic E-state index is 0.132. The molecular weight excluding hydrogens is 352 g/mol. The molecule has 8 atom stereocenters. The SMILES string of the molecule is C[C@]12CC[C@H](O)CC1CCC1C2CC[C@]2(C)[C@@H](c3ccoc(=O)c3)CC[C@]12O. The van der Waals surface area contributed by atoms with Gasteiger partial charge in [-0.1, -0.05) is 13.8 Å². The van der Waals surface area contributed by atoms with E-state index in [1.54, 1.807) is 6.07 Å². The maximum atomic E-state index is 12.2. The van der Waals surface area contributed by atoms with Crippen LogP contribution in [0.2, 0.25) is 0 Å². The van der Waals surface area contributed by atoms with Gasteiger partial charge >= 0.3 is 5.63 Å². The molecule has 4 aliphatic carbocycles. The second kappa shape index (κ2) is 6.18. The predicted molar refractivity (Wildman–Crippen MR) is 107 cm³/mol. The van der Waals surface area contributed by atoms with Gasteiger partial charge in [-0.15, -0.1) is 0 Å². The summed E-state index contributed by atoms with van der Waals surface area (Å²) in [5, 5.41) is 22.4. The van der Waals surface area contributed by atoms with Crippen LogP contribution in [0.25, 0.3) is 0 Å². The first-order valence-electron chi connectivity index (χ1n) is 11.3. The molecule has 0 saturated heterocycles. The van der Waals surface area contributed by atoms with Crippen LogP contribution in [0.3, 0.4) is 0 Å². The zero-order valence-corrected chi connectivity index (χ0v) is 17.2. The van der Waals surface area contributed by atoms with Gasteiger partial charge in [-0.05, 0) is 98.5 Å². The van der Waals surface area contributed by atoms with E-state index in [-0.39, 0.29) is 28.5 Å². The topological polar surface area (TPSA) is 70.7 Å². The summed E-state index contributed by atoms with van der Waals surface area (Å²) in [5.74, 6) is 1.71. The van der Waals surface area contributed by atoms with E-state index >= 15 is 0 Å². The smallest absolute Gasteiger partial charge is 0.335 e. The zero-order valence-electron chi connectivity index (χ0n) is 17.2. The van der Waals surface area contributed by atoms with Crippen molar-refractivity contribution in [2.75, 3.05) is 0 Å². The van der Waals surface area contributed by atoms with Gasteiger partial charge in [-0.2, -0.15) is 0 Å². The first-order valence-corrected chi connectivity index (χ1v) is 11.3. The Hall–Kier alpha value is -1.13. The first-order chi connectivity index (χ1) is 13.3. The Labute approximate surface area is 167 Å². The summed E-state index contributed by atoms with van der Waals surface area (Å²) < 4.78 is 4.95. The van der Waals surface area contributed by atoms with Crippen molar-refractivity contribution in [2.45, 2.75) is 89.3 Å². The molecule has 2 N–H and O–H groups in total. The molecule has 3 unspecified atom stereocenters. The fraction of sp³-hybridized carbons (Fsp3) is 0.792. The largest absolute Gasteiger partial charge is 0.431 e. The summed E-state index contributed by atoms with van der Waals surface area (Å²) in [5.41, 5.74) is 0.165. The molecule has 1 aromatic heterocycles. The summed E-state index contributed by atoms with van der Waals surface area (Å²) in [7, 11) is 0. The lowest BCUT2D eigenvalue weighted by Gasteiger charge is -2.63. The highest BCUT2D eigenvalue weighted by Gasteiger charge is 2.67. The van der Waals surface area contributed by atoms with Crippen molar-refractivity contribution in [3.63, 3.8) is 0 Å². The van der Waals surface area contributed by atoms with Gasteiger partial charge in [-0.25, -0.2) is 4.79 Å². The van der Waals surface area contributed by atoms with Crippen molar-refractivity contribution in [3.05, 3.63) is 34.4 Å². The van der Waals surface area contributed by atoms with Crippen molar-refractivity contribution in [1.82, 2.24) is 0 Å². The van der Waals surface area contributed by atoms with E-state index < -0.39 is 5.60 Å². The molecule has 0 amide bonds. The van der Waals surface area contributed by atoms with Crippen LogP contribution in [0, 0.1) is 28.6 Å². The van der Waals surface area contributed by atoms with E-state index in [0.29, 0.717) is 17.8 Å². The monoisotopic (exact) mass is 386 g/mol. The summed E-state index contributed by atoms with van der Waals surface area (Å²) >= 11 is 0. The molecule has 0 bridgehead atoms. The molecule has 5 rings (SSSR count). The molecule has 4 fully saturated rings. The van der Waals surface area contributed by atoms with Gasteiger partial charge in [0.2, 0.25) is 0 Å². The Morgan fingerprint density at radius 2 is 1.86 bits per heavy atom. The third-order valence-corrected chi connectivity index (χ3v) is 9.96. The van der Waals surface area contributed by atoms with Crippen LogP contribution in [-0.2, 0) is 0 Å². The molecule has 4 heteroatoms. The van der Waals surface area contributed by atoms with Crippen LogP contribution in [0.1, 0.15) is 83.1 Å². The number of hydrogen-bond donors (Lipinski definition) is 2. The summed E-state index contributed by atoms with van der Waals surface area (Å²) in [6.45, 7) is 4.72. The van der Waals surface area contributed by atoms with Crippen molar-refractivity contribution in [1.29, 1.82) is 0 Å². The summed E-state index contributed by atoms with van der Waals surface area (Å²) in [4.78, 5) is 11.8. The first kappa shape index (κ1) is 18.9. The van der Waals surface area contributed by atoms with Gasteiger partial charge in [0.05, 0.1) is 18.0 Å². The molecule has 0 aromatic carbocycles. The van der Waals surface area contributed by atoms with Gasteiger partial charge in [0.1, 0.15) is 0 Å². The third kappa shape index (κ3) is 2.40. The maximum Gasteiger partial charge on any atom is 0.335 e. The second-order valence-corrected chi connectivity index (χ2v) is 10.8. The lowest BCUT2D eigenvalue weighted by Crippen LogP contribution is -2.62. The average Bonchev–Trinajstić information content (AvgIpc) is 2.94. The Kier molecular flexibility index (Phi) is 4.17. The van der Waals surface area contributed by atoms with Crippen molar-refractivity contribution in [2.24, 2.45) is 28.6 Å². The molecule has 154 valence electrons. The molecule has 0 aliphatic heterocycles. The minimum atomic E-state index is -0.652. The number of hydrogen-bond acceptors (Lipinski definition) is 4. The highest BCUT2D eigenvalue weighted by molar-refractivity contribution is 5.27. The molecular formula is C24H34O4. The Morgan fingerprint density at radius 3 is 2.64 bits per heavy atom. The molecule has 0 radical (unpaired) electrons. The predicted octanol–water partition coefficient (Wildman–Crippen LogP) is 4.24. The van der Waals surface area contributed by atoms with Gasteiger partial charge in [0, 0.05) is 11.5 Å².